The van der Waals surface area contributed by atoms with Crippen LogP contribution in [0.3, 0.4) is 0 Å². The molecule has 2 N–H and O–H groups in total. The van der Waals surface area contributed by atoms with Crippen LogP contribution >= 0.6 is 0 Å². The van der Waals surface area contributed by atoms with Gasteiger partial charge in [0, 0.05) is 24.7 Å². The Morgan fingerprint density at radius 1 is 1.38 bits per heavy atom. The fourth-order valence-corrected chi connectivity index (χ4v) is 4.93. The highest BCUT2D eigenvalue weighted by Gasteiger charge is 2.51. The Morgan fingerprint density at radius 2 is 2.31 bits per heavy atom. The molecule has 3 unspecified atom stereocenters. The fourth-order valence-electron chi connectivity index (χ4n) is 4.93. The van der Waals surface area contributed by atoms with Gasteiger partial charge in [0.15, 0.2) is 0 Å². The summed E-state index contributed by atoms with van der Waals surface area (Å²) in [6.07, 6.45) is 7.41. The maximum atomic E-state index is 6.58. The lowest BCUT2D eigenvalue weighted by molar-refractivity contribution is -0.109. The molecule has 5 rings (SSSR count). The summed E-state index contributed by atoms with van der Waals surface area (Å²) in [5, 5.41) is 9.00. The first-order chi connectivity index (χ1) is 12.7. The van der Waals surface area contributed by atoms with E-state index in [-0.39, 0.29) is 11.5 Å². The third-order valence-electron chi connectivity index (χ3n) is 6.23. The molecule has 3 aromatic heterocycles. The summed E-state index contributed by atoms with van der Waals surface area (Å²) in [4.78, 5) is 12.8. The van der Waals surface area contributed by atoms with Gasteiger partial charge in [-0.2, -0.15) is 5.10 Å². The Labute approximate surface area is 152 Å². The van der Waals surface area contributed by atoms with Gasteiger partial charge in [-0.25, -0.2) is 9.97 Å². The van der Waals surface area contributed by atoms with Gasteiger partial charge in [0.2, 0.25) is 0 Å². The molecule has 26 heavy (non-hydrogen) atoms. The van der Waals surface area contributed by atoms with E-state index in [0.717, 1.165) is 43.8 Å². The van der Waals surface area contributed by atoms with Gasteiger partial charge >= 0.3 is 0 Å². The van der Waals surface area contributed by atoms with Crippen LogP contribution in [0.25, 0.3) is 11.0 Å². The predicted octanol–water partition coefficient (Wildman–Crippen LogP) is 2.02. The third-order valence-corrected chi connectivity index (χ3v) is 6.23. The summed E-state index contributed by atoms with van der Waals surface area (Å²) in [6.45, 7) is 0.730. The molecule has 1 fully saturated rings. The highest BCUT2D eigenvalue weighted by atomic mass is 16.5. The Balaban J connectivity index is 1.70. The summed E-state index contributed by atoms with van der Waals surface area (Å²) in [5.74, 6) is 1.14. The summed E-state index contributed by atoms with van der Waals surface area (Å²) < 4.78 is 8.47. The molecule has 136 valence electrons. The predicted molar refractivity (Wildman–Crippen MR) is 97.9 cm³/mol. The average molecular weight is 352 g/mol. The molecule has 1 aliphatic carbocycles. The minimum atomic E-state index is -0.386. The lowest BCUT2D eigenvalue weighted by Gasteiger charge is -2.47. The van der Waals surface area contributed by atoms with E-state index in [0.29, 0.717) is 6.04 Å². The third kappa shape index (κ3) is 2.17. The van der Waals surface area contributed by atoms with Crippen LogP contribution in [0.5, 0.6) is 0 Å². The van der Waals surface area contributed by atoms with Crippen LogP contribution in [0.2, 0.25) is 0 Å². The summed E-state index contributed by atoms with van der Waals surface area (Å²) in [7, 11) is 4.01. The van der Waals surface area contributed by atoms with Crippen molar-refractivity contribution < 1.29 is 4.74 Å². The number of H-pyrrole nitrogens is 1. The number of hydrogen-bond donors (Lipinski definition) is 2. The van der Waals surface area contributed by atoms with E-state index in [9.17, 15) is 0 Å². The van der Waals surface area contributed by atoms with Gasteiger partial charge in [0.05, 0.1) is 18.2 Å². The maximum absolute atomic E-state index is 6.58. The molecule has 1 saturated carbocycles. The van der Waals surface area contributed by atoms with Gasteiger partial charge < -0.3 is 15.0 Å². The molecule has 3 aromatic rings. The Hall–Kier alpha value is -2.25. The van der Waals surface area contributed by atoms with Gasteiger partial charge in [-0.15, -0.1) is 0 Å². The number of pyridine rings is 1. The van der Waals surface area contributed by atoms with Crippen molar-refractivity contribution in [2.24, 2.45) is 7.05 Å². The molecule has 2 aliphatic rings. The first-order valence-corrected chi connectivity index (χ1v) is 9.34. The molecule has 3 atom stereocenters. The van der Waals surface area contributed by atoms with E-state index in [1.54, 1.807) is 6.33 Å². The molecule has 0 saturated heterocycles. The van der Waals surface area contributed by atoms with Gasteiger partial charge in [-0.1, -0.05) is 0 Å². The average Bonchev–Trinajstić information content (AvgIpc) is 3.27. The van der Waals surface area contributed by atoms with Crippen molar-refractivity contribution in [3.05, 3.63) is 41.7 Å². The van der Waals surface area contributed by atoms with Gasteiger partial charge in [0.25, 0.3) is 0 Å². The quantitative estimate of drug-likeness (QED) is 0.737. The number of ether oxygens (including phenoxy) is 1. The SMILES string of the molecule is CNC1CCC2(OCCc3c2[nH]c2ncccc32)C(c2ncnn2C)C1. The lowest BCUT2D eigenvalue weighted by atomic mass is 9.69. The van der Waals surface area contributed by atoms with Crippen molar-refractivity contribution in [3.8, 4) is 0 Å². The van der Waals surface area contributed by atoms with Crippen LogP contribution in [0.1, 0.15) is 42.3 Å². The van der Waals surface area contributed by atoms with E-state index in [4.69, 9.17) is 4.74 Å². The second kappa shape index (κ2) is 5.89. The number of hydrogen-bond acceptors (Lipinski definition) is 5. The molecule has 0 bridgehead atoms. The van der Waals surface area contributed by atoms with Crippen molar-refractivity contribution in [2.45, 2.75) is 43.2 Å². The standard InChI is InChI=1S/C19H24N6O/c1-20-12-5-7-19(15(10-12)18-22-11-23-25(18)2)16-13(6-9-26-19)14-4-3-8-21-17(14)24-16/h3-4,8,11-12,15,20H,5-7,9-10H2,1-2H3,(H,21,24). The van der Waals surface area contributed by atoms with Crippen LogP contribution in [0.4, 0.5) is 0 Å². The molecule has 4 heterocycles. The van der Waals surface area contributed by atoms with Crippen LogP contribution in [0, 0.1) is 0 Å². The first kappa shape index (κ1) is 16.0. The van der Waals surface area contributed by atoms with Crippen molar-refractivity contribution in [1.29, 1.82) is 0 Å². The second-order valence-corrected chi connectivity index (χ2v) is 7.42. The molecule has 0 aromatic carbocycles. The number of nitrogens with one attached hydrogen (secondary N) is 2. The van der Waals surface area contributed by atoms with Crippen molar-refractivity contribution in [2.75, 3.05) is 13.7 Å². The minimum Gasteiger partial charge on any atom is -0.368 e. The van der Waals surface area contributed by atoms with Gasteiger partial charge in [0.1, 0.15) is 23.4 Å². The zero-order valence-electron chi connectivity index (χ0n) is 15.2. The van der Waals surface area contributed by atoms with Crippen LogP contribution in [-0.2, 0) is 23.8 Å². The highest BCUT2D eigenvalue weighted by molar-refractivity contribution is 5.82. The smallest absolute Gasteiger partial charge is 0.138 e. The summed E-state index contributed by atoms with van der Waals surface area (Å²) in [5.41, 5.74) is 3.12. The Morgan fingerprint density at radius 3 is 3.12 bits per heavy atom. The number of fused-ring (bicyclic) bond motifs is 4. The zero-order chi connectivity index (χ0) is 17.7. The minimum absolute atomic E-state index is 0.147. The van der Waals surface area contributed by atoms with E-state index in [1.165, 1.54) is 16.6 Å². The number of nitrogens with zero attached hydrogens (tertiary/aromatic N) is 4. The van der Waals surface area contributed by atoms with Crippen molar-refractivity contribution in [3.63, 3.8) is 0 Å². The molecule has 1 spiro atoms. The molecular weight excluding hydrogens is 328 g/mol. The second-order valence-electron chi connectivity index (χ2n) is 7.42. The molecule has 7 nitrogen and oxygen atoms in total. The number of aromatic nitrogens is 5. The van der Waals surface area contributed by atoms with Gasteiger partial charge in [-0.3, -0.25) is 4.68 Å². The summed E-state index contributed by atoms with van der Waals surface area (Å²) >= 11 is 0. The van der Waals surface area contributed by atoms with Crippen LogP contribution < -0.4 is 5.32 Å². The highest BCUT2D eigenvalue weighted by Crippen LogP contribution is 2.52. The molecule has 0 amide bonds. The number of rotatable bonds is 2. The molecular formula is C19H24N6O. The first-order valence-electron chi connectivity index (χ1n) is 9.34. The molecule has 1 aliphatic heterocycles. The largest absolute Gasteiger partial charge is 0.368 e. The topological polar surface area (TPSA) is 80.7 Å². The lowest BCUT2D eigenvalue weighted by Crippen LogP contribution is -2.49. The van der Waals surface area contributed by atoms with Crippen molar-refractivity contribution >= 4 is 11.0 Å². The zero-order valence-corrected chi connectivity index (χ0v) is 15.2. The van der Waals surface area contributed by atoms with E-state index in [1.807, 2.05) is 31.0 Å². The van der Waals surface area contributed by atoms with Crippen LogP contribution in [-0.4, -0.2) is 44.4 Å². The monoisotopic (exact) mass is 352 g/mol. The van der Waals surface area contributed by atoms with Gasteiger partial charge in [-0.05, 0) is 50.4 Å². The van der Waals surface area contributed by atoms with E-state index >= 15 is 0 Å². The molecule has 0 radical (unpaired) electrons. The fraction of sp³-hybridized carbons (Fsp3) is 0.526. The normalized spacial score (nSPS) is 28.5. The Bertz CT molecular complexity index is 947. The van der Waals surface area contributed by atoms with Crippen LogP contribution in [0.15, 0.2) is 24.7 Å². The number of aryl methyl sites for hydroxylation is 1. The summed E-state index contributed by atoms with van der Waals surface area (Å²) in [6, 6.07) is 4.63. The maximum Gasteiger partial charge on any atom is 0.138 e. The number of aromatic amines is 1. The Kier molecular flexibility index (Phi) is 3.62. The van der Waals surface area contributed by atoms with Crippen molar-refractivity contribution in [1.82, 2.24) is 30.0 Å². The van der Waals surface area contributed by atoms with E-state index in [2.05, 4.69) is 31.4 Å². The van der Waals surface area contributed by atoms with E-state index < -0.39 is 0 Å². The molecule has 7 heteroatoms.